The van der Waals surface area contributed by atoms with Crippen LogP contribution in [0.15, 0.2) is 48.5 Å². The molecule has 0 spiro atoms. The van der Waals surface area contributed by atoms with Gasteiger partial charge >= 0.3 is 21.6 Å². The molecule has 0 unspecified atom stereocenters. The Morgan fingerprint density at radius 2 is 1.62 bits per heavy atom. The van der Waals surface area contributed by atoms with Crippen LogP contribution in [0.2, 0.25) is 0 Å². The summed E-state index contributed by atoms with van der Waals surface area (Å²) in [6, 6.07) is 11.2. The van der Waals surface area contributed by atoms with E-state index in [-0.39, 0.29) is 0 Å². The van der Waals surface area contributed by atoms with Crippen molar-refractivity contribution in [3.63, 3.8) is 0 Å². The van der Waals surface area contributed by atoms with Crippen LogP contribution in [-0.4, -0.2) is 27.0 Å². The van der Waals surface area contributed by atoms with Crippen LogP contribution in [0.25, 0.3) is 11.1 Å². The molecule has 0 aromatic heterocycles. The van der Waals surface area contributed by atoms with Gasteiger partial charge in [-0.3, -0.25) is 0 Å². The Balaban J connectivity index is 2.29. The summed E-state index contributed by atoms with van der Waals surface area (Å²) >= 11 is 0. The second kappa shape index (κ2) is 6.52. The first-order chi connectivity index (χ1) is 11.1. The number of hydrogen-bond acceptors (Lipinski definition) is 5. The first kappa shape index (κ1) is 17.8. The van der Waals surface area contributed by atoms with Crippen molar-refractivity contribution >= 4 is 16.1 Å². The number of esters is 1. The molecule has 0 amide bonds. The molecule has 2 rings (SSSR count). The van der Waals surface area contributed by atoms with Crippen molar-refractivity contribution in [2.24, 2.45) is 0 Å². The zero-order valence-electron chi connectivity index (χ0n) is 12.2. The van der Waals surface area contributed by atoms with Crippen LogP contribution in [0.3, 0.4) is 0 Å². The van der Waals surface area contributed by atoms with E-state index in [2.05, 4.69) is 8.92 Å². The molecule has 128 valence electrons. The minimum Gasteiger partial charge on any atom is -0.465 e. The molecule has 0 bridgehead atoms. The van der Waals surface area contributed by atoms with Crippen LogP contribution in [0.4, 0.5) is 13.2 Å². The van der Waals surface area contributed by atoms with E-state index < -0.39 is 27.3 Å². The third-order valence-corrected chi connectivity index (χ3v) is 3.94. The lowest BCUT2D eigenvalue weighted by Crippen LogP contribution is -2.28. The zero-order chi connectivity index (χ0) is 18.0. The molecule has 0 N–H and O–H groups in total. The minimum absolute atomic E-state index is 0.299. The Morgan fingerprint density at radius 3 is 2.17 bits per heavy atom. The first-order valence-corrected chi connectivity index (χ1v) is 7.84. The van der Waals surface area contributed by atoms with Crippen LogP contribution in [0.5, 0.6) is 5.75 Å². The van der Waals surface area contributed by atoms with E-state index in [1.165, 1.54) is 25.3 Å². The van der Waals surface area contributed by atoms with Gasteiger partial charge in [-0.15, -0.1) is 0 Å². The van der Waals surface area contributed by atoms with Gasteiger partial charge in [0.2, 0.25) is 0 Å². The summed E-state index contributed by atoms with van der Waals surface area (Å²) in [4.78, 5) is 11.4. The fourth-order valence-corrected chi connectivity index (χ4v) is 2.27. The quantitative estimate of drug-likeness (QED) is 0.475. The maximum absolute atomic E-state index is 12.3. The third-order valence-electron chi connectivity index (χ3n) is 2.96. The van der Waals surface area contributed by atoms with Crippen molar-refractivity contribution in [1.82, 2.24) is 0 Å². The van der Waals surface area contributed by atoms with Crippen LogP contribution in [0, 0.1) is 0 Å². The molecule has 9 heteroatoms. The van der Waals surface area contributed by atoms with Gasteiger partial charge in [0.25, 0.3) is 0 Å². The van der Waals surface area contributed by atoms with E-state index in [0.29, 0.717) is 16.7 Å². The van der Waals surface area contributed by atoms with Crippen LogP contribution < -0.4 is 4.18 Å². The molecule has 0 heterocycles. The third kappa shape index (κ3) is 3.85. The number of carbonyl (C=O) groups is 1. The van der Waals surface area contributed by atoms with Gasteiger partial charge in [-0.05, 0) is 35.4 Å². The lowest BCUT2D eigenvalue weighted by molar-refractivity contribution is -0.0500. The number of halogens is 3. The fraction of sp³-hybridized carbons (Fsp3) is 0.133. The number of carbonyl (C=O) groups excluding carboxylic acids is 1. The average molecular weight is 360 g/mol. The molecular formula is C15H11F3O5S. The van der Waals surface area contributed by atoms with Crippen LogP contribution >= 0.6 is 0 Å². The van der Waals surface area contributed by atoms with Crippen molar-refractivity contribution in [1.29, 1.82) is 0 Å². The Hall–Kier alpha value is -2.55. The normalized spacial score (nSPS) is 11.8. The van der Waals surface area contributed by atoms with E-state index >= 15 is 0 Å². The molecule has 2 aromatic carbocycles. The number of methoxy groups -OCH3 is 1. The summed E-state index contributed by atoms with van der Waals surface area (Å²) < 4.78 is 67.7. The van der Waals surface area contributed by atoms with Gasteiger partial charge in [-0.25, -0.2) is 4.79 Å². The van der Waals surface area contributed by atoms with Crippen molar-refractivity contribution in [2.45, 2.75) is 5.51 Å². The molecule has 0 saturated carbocycles. The van der Waals surface area contributed by atoms with Gasteiger partial charge in [0.1, 0.15) is 5.75 Å². The predicted octanol–water partition coefficient (Wildman–Crippen LogP) is 3.37. The summed E-state index contributed by atoms with van der Waals surface area (Å²) in [6.07, 6.45) is 0. The highest BCUT2D eigenvalue weighted by molar-refractivity contribution is 7.88. The van der Waals surface area contributed by atoms with Crippen molar-refractivity contribution in [3.05, 3.63) is 54.1 Å². The van der Waals surface area contributed by atoms with Crippen LogP contribution in [0.1, 0.15) is 10.4 Å². The second-order valence-corrected chi connectivity index (χ2v) is 6.12. The second-order valence-electron chi connectivity index (χ2n) is 4.58. The maximum atomic E-state index is 12.3. The van der Waals surface area contributed by atoms with Crippen LogP contribution in [-0.2, 0) is 14.9 Å². The lowest BCUT2D eigenvalue weighted by Gasteiger charge is -2.10. The molecule has 0 atom stereocenters. The highest BCUT2D eigenvalue weighted by Crippen LogP contribution is 2.29. The highest BCUT2D eigenvalue weighted by Gasteiger charge is 2.48. The summed E-state index contributed by atoms with van der Waals surface area (Å²) in [6.45, 7) is 0. The van der Waals surface area contributed by atoms with Gasteiger partial charge < -0.3 is 8.92 Å². The number of hydrogen-bond donors (Lipinski definition) is 0. The molecule has 24 heavy (non-hydrogen) atoms. The standard InChI is InChI=1S/C15H11F3O5S/c1-22-14(19)11-7-5-10(6-8-11)12-3-2-4-13(9-12)23-24(20,21)15(16,17)18/h2-9H,1H3. The van der Waals surface area contributed by atoms with E-state index in [1.807, 2.05) is 0 Å². The average Bonchev–Trinajstić information content (AvgIpc) is 2.53. The number of alkyl halides is 3. The number of rotatable bonds is 4. The van der Waals surface area contributed by atoms with Crippen molar-refractivity contribution < 1.29 is 35.3 Å². The monoisotopic (exact) mass is 360 g/mol. The minimum atomic E-state index is -5.73. The summed E-state index contributed by atoms with van der Waals surface area (Å²) in [5, 5.41) is 0. The number of ether oxygens (including phenoxy) is 1. The zero-order valence-corrected chi connectivity index (χ0v) is 13.0. The summed E-state index contributed by atoms with van der Waals surface area (Å²) in [5.41, 5.74) is -4.24. The molecule has 2 aromatic rings. The Labute approximate surface area is 135 Å². The topological polar surface area (TPSA) is 69.7 Å². The van der Waals surface area contributed by atoms with Gasteiger partial charge in [-0.1, -0.05) is 24.3 Å². The molecule has 0 aliphatic heterocycles. The molecule has 0 aliphatic rings. The largest absolute Gasteiger partial charge is 0.534 e. The smallest absolute Gasteiger partial charge is 0.465 e. The van der Waals surface area contributed by atoms with E-state index in [1.54, 1.807) is 18.2 Å². The molecule has 0 radical (unpaired) electrons. The summed E-state index contributed by atoms with van der Waals surface area (Å²) in [7, 11) is -4.50. The van der Waals surface area contributed by atoms with Gasteiger partial charge in [0.15, 0.2) is 0 Å². The fourth-order valence-electron chi connectivity index (χ4n) is 1.82. The van der Waals surface area contributed by atoms with Gasteiger partial charge in [-0.2, -0.15) is 21.6 Å². The lowest BCUT2D eigenvalue weighted by atomic mass is 10.0. The molecule has 5 nitrogen and oxygen atoms in total. The summed E-state index contributed by atoms with van der Waals surface area (Å²) in [5.74, 6) is -1.00. The Morgan fingerprint density at radius 1 is 1.00 bits per heavy atom. The molecule has 0 saturated heterocycles. The Kier molecular flexibility index (Phi) is 4.83. The van der Waals surface area contributed by atoms with Gasteiger partial charge in [0, 0.05) is 0 Å². The predicted molar refractivity (Wildman–Crippen MR) is 78.8 cm³/mol. The SMILES string of the molecule is COC(=O)c1ccc(-c2cccc(OS(=O)(=O)C(F)(F)F)c2)cc1. The van der Waals surface area contributed by atoms with E-state index in [4.69, 9.17) is 0 Å². The first-order valence-electron chi connectivity index (χ1n) is 6.43. The van der Waals surface area contributed by atoms with Gasteiger partial charge in [0.05, 0.1) is 12.7 Å². The highest BCUT2D eigenvalue weighted by atomic mass is 32.2. The molecular weight excluding hydrogens is 349 g/mol. The Bertz CT molecular complexity index is 842. The van der Waals surface area contributed by atoms with Crippen molar-refractivity contribution in [3.8, 4) is 16.9 Å². The molecule has 0 aliphatic carbocycles. The maximum Gasteiger partial charge on any atom is 0.534 e. The van der Waals surface area contributed by atoms with E-state index in [0.717, 1.165) is 12.1 Å². The molecule has 0 fully saturated rings. The van der Waals surface area contributed by atoms with Crippen molar-refractivity contribution in [2.75, 3.05) is 7.11 Å². The number of benzene rings is 2. The van der Waals surface area contributed by atoms with E-state index in [9.17, 15) is 26.4 Å².